The van der Waals surface area contributed by atoms with Gasteiger partial charge in [-0.15, -0.1) is 0 Å². The number of carbonyl (C=O) groups is 1. The highest BCUT2D eigenvalue weighted by Crippen LogP contribution is 2.47. The molecule has 0 aliphatic heterocycles. The maximum atomic E-state index is 12.1. The Bertz CT molecular complexity index is 391. The summed E-state index contributed by atoms with van der Waals surface area (Å²) >= 11 is 0. The van der Waals surface area contributed by atoms with Crippen LogP contribution < -0.4 is 11.1 Å². The first-order chi connectivity index (χ1) is 8.76. The van der Waals surface area contributed by atoms with Gasteiger partial charge in [-0.25, -0.2) is 0 Å². The van der Waals surface area contributed by atoms with Gasteiger partial charge in [0, 0.05) is 12.0 Å². The lowest BCUT2D eigenvalue weighted by molar-refractivity contribution is -0.123. The molecule has 3 unspecified atom stereocenters. The highest BCUT2D eigenvalue weighted by atomic mass is 16.2. The first kappa shape index (κ1) is 13.1. The lowest BCUT2D eigenvalue weighted by atomic mass is 10.1. The van der Waals surface area contributed by atoms with E-state index in [0.717, 1.165) is 19.3 Å². The molecule has 0 saturated heterocycles. The number of benzene rings is 1. The van der Waals surface area contributed by atoms with Gasteiger partial charge in [-0.2, -0.15) is 0 Å². The topological polar surface area (TPSA) is 55.1 Å². The van der Waals surface area contributed by atoms with Crippen LogP contribution in [0.1, 0.15) is 37.7 Å². The van der Waals surface area contributed by atoms with Crippen LogP contribution in [0.2, 0.25) is 0 Å². The number of rotatable bonds is 6. The van der Waals surface area contributed by atoms with Crippen molar-refractivity contribution in [1.82, 2.24) is 5.32 Å². The summed E-state index contributed by atoms with van der Waals surface area (Å²) in [6, 6.07) is 10.5. The van der Waals surface area contributed by atoms with Gasteiger partial charge in [0.1, 0.15) is 0 Å². The summed E-state index contributed by atoms with van der Waals surface area (Å²) < 4.78 is 0. The van der Waals surface area contributed by atoms with Crippen LogP contribution in [0.15, 0.2) is 30.3 Å². The molecule has 3 atom stereocenters. The Morgan fingerprint density at radius 1 is 1.44 bits per heavy atom. The molecular formula is C15H22N2O. The second-order valence-electron chi connectivity index (χ2n) is 5.05. The second kappa shape index (κ2) is 6.01. The first-order valence-electron chi connectivity index (χ1n) is 6.81. The van der Waals surface area contributed by atoms with Gasteiger partial charge in [-0.05, 0) is 37.3 Å². The van der Waals surface area contributed by atoms with Gasteiger partial charge >= 0.3 is 0 Å². The van der Waals surface area contributed by atoms with Crippen LogP contribution in [-0.4, -0.2) is 18.5 Å². The van der Waals surface area contributed by atoms with Gasteiger partial charge < -0.3 is 11.1 Å². The van der Waals surface area contributed by atoms with E-state index >= 15 is 0 Å². The Kier molecular flexibility index (Phi) is 4.37. The zero-order valence-corrected chi connectivity index (χ0v) is 10.9. The standard InChI is InChI=1S/C15H22N2O/c1-2-12(8-9-16)17-15(18)14-10-13(14)11-6-4-3-5-7-11/h3-7,12-14H,2,8-10,16H2,1H3,(H,17,18). The van der Waals surface area contributed by atoms with Crippen LogP contribution in [0.3, 0.4) is 0 Å². The molecule has 0 heterocycles. The van der Waals surface area contributed by atoms with Crippen LogP contribution in [-0.2, 0) is 4.79 Å². The van der Waals surface area contributed by atoms with Crippen molar-refractivity contribution in [1.29, 1.82) is 0 Å². The van der Waals surface area contributed by atoms with E-state index in [4.69, 9.17) is 5.73 Å². The molecule has 3 nitrogen and oxygen atoms in total. The fraction of sp³-hybridized carbons (Fsp3) is 0.533. The molecule has 0 aromatic heterocycles. The SMILES string of the molecule is CCC(CCN)NC(=O)C1CC1c1ccccc1. The smallest absolute Gasteiger partial charge is 0.223 e. The van der Waals surface area contributed by atoms with E-state index in [9.17, 15) is 4.79 Å². The Labute approximate surface area is 109 Å². The average molecular weight is 246 g/mol. The molecular weight excluding hydrogens is 224 g/mol. The molecule has 1 aliphatic carbocycles. The van der Waals surface area contributed by atoms with E-state index in [1.54, 1.807) is 0 Å². The van der Waals surface area contributed by atoms with E-state index in [-0.39, 0.29) is 17.9 Å². The van der Waals surface area contributed by atoms with Crippen molar-refractivity contribution in [3.05, 3.63) is 35.9 Å². The summed E-state index contributed by atoms with van der Waals surface area (Å²) in [4.78, 5) is 12.1. The van der Waals surface area contributed by atoms with Crippen molar-refractivity contribution in [2.45, 2.75) is 38.1 Å². The average Bonchev–Trinajstić information content (AvgIpc) is 3.19. The van der Waals surface area contributed by atoms with Crippen LogP contribution in [0.5, 0.6) is 0 Å². The molecule has 3 N–H and O–H groups in total. The molecule has 1 aliphatic rings. The molecule has 0 radical (unpaired) electrons. The Morgan fingerprint density at radius 2 is 2.17 bits per heavy atom. The third-order valence-corrected chi connectivity index (χ3v) is 3.71. The quantitative estimate of drug-likeness (QED) is 0.807. The molecule has 0 spiro atoms. The minimum Gasteiger partial charge on any atom is -0.353 e. The maximum absolute atomic E-state index is 12.1. The maximum Gasteiger partial charge on any atom is 0.223 e. The van der Waals surface area contributed by atoms with Crippen LogP contribution >= 0.6 is 0 Å². The predicted octanol–water partition coefficient (Wildman–Crippen LogP) is 2.03. The normalized spacial score (nSPS) is 23.4. The largest absolute Gasteiger partial charge is 0.353 e. The van der Waals surface area contributed by atoms with Gasteiger partial charge in [0.2, 0.25) is 5.91 Å². The number of nitrogens with one attached hydrogen (secondary N) is 1. The third kappa shape index (κ3) is 3.10. The molecule has 18 heavy (non-hydrogen) atoms. The zero-order valence-electron chi connectivity index (χ0n) is 10.9. The number of hydrogen-bond donors (Lipinski definition) is 2. The summed E-state index contributed by atoms with van der Waals surface area (Å²) in [6.45, 7) is 2.72. The van der Waals surface area contributed by atoms with E-state index in [1.165, 1.54) is 5.56 Å². The Balaban J connectivity index is 1.86. The van der Waals surface area contributed by atoms with Gasteiger partial charge in [0.05, 0.1) is 0 Å². The highest BCUT2D eigenvalue weighted by Gasteiger charge is 2.44. The minimum atomic E-state index is 0.166. The van der Waals surface area contributed by atoms with Gasteiger partial charge in [-0.3, -0.25) is 4.79 Å². The predicted molar refractivity (Wildman–Crippen MR) is 73.2 cm³/mol. The van der Waals surface area contributed by atoms with Crippen molar-refractivity contribution in [3.63, 3.8) is 0 Å². The van der Waals surface area contributed by atoms with Crippen LogP contribution in [0.25, 0.3) is 0 Å². The summed E-state index contributed by atoms with van der Waals surface area (Å²) in [6.07, 6.45) is 2.80. The van der Waals surface area contributed by atoms with Crippen LogP contribution in [0, 0.1) is 5.92 Å². The number of carbonyl (C=O) groups excluding carboxylic acids is 1. The molecule has 1 aromatic rings. The lowest BCUT2D eigenvalue weighted by Crippen LogP contribution is -2.37. The number of nitrogens with two attached hydrogens (primary N) is 1. The van der Waals surface area contributed by atoms with E-state index in [0.29, 0.717) is 12.5 Å². The summed E-state index contributed by atoms with van der Waals surface area (Å²) in [7, 11) is 0. The third-order valence-electron chi connectivity index (χ3n) is 3.71. The Morgan fingerprint density at radius 3 is 2.78 bits per heavy atom. The van der Waals surface area contributed by atoms with Crippen molar-refractivity contribution < 1.29 is 4.79 Å². The minimum absolute atomic E-state index is 0.166. The first-order valence-corrected chi connectivity index (χ1v) is 6.81. The molecule has 1 amide bonds. The molecule has 98 valence electrons. The number of amides is 1. The molecule has 3 heteroatoms. The van der Waals surface area contributed by atoms with Crippen molar-refractivity contribution >= 4 is 5.91 Å². The van der Waals surface area contributed by atoms with E-state index < -0.39 is 0 Å². The fourth-order valence-electron chi connectivity index (χ4n) is 2.44. The van der Waals surface area contributed by atoms with E-state index in [2.05, 4.69) is 24.4 Å². The number of hydrogen-bond acceptors (Lipinski definition) is 2. The van der Waals surface area contributed by atoms with Gasteiger partial charge in [0.25, 0.3) is 0 Å². The zero-order chi connectivity index (χ0) is 13.0. The highest BCUT2D eigenvalue weighted by molar-refractivity contribution is 5.83. The lowest BCUT2D eigenvalue weighted by Gasteiger charge is -2.15. The van der Waals surface area contributed by atoms with Crippen LogP contribution in [0.4, 0.5) is 0 Å². The molecule has 2 rings (SSSR count). The summed E-state index contributed by atoms with van der Waals surface area (Å²) in [5.41, 5.74) is 6.82. The van der Waals surface area contributed by atoms with Crippen molar-refractivity contribution in [2.75, 3.05) is 6.54 Å². The fourth-order valence-corrected chi connectivity index (χ4v) is 2.44. The molecule has 1 aromatic carbocycles. The Hall–Kier alpha value is -1.35. The van der Waals surface area contributed by atoms with Crippen molar-refractivity contribution in [2.24, 2.45) is 11.7 Å². The molecule has 1 saturated carbocycles. The van der Waals surface area contributed by atoms with Gasteiger partial charge in [0.15, 0.2) is 0 Å². The monoisotopic (exact) mass is 246 g/mol. The van der Waals surface area contributed by atoms with Crippen molar-refractivity contribution in [3.8, 4) is 0 Å². The molecule has 0 bridgehead atoms. The molecule has 1 fully saturated rings. The second-order valence-corrected chi connectivity index (χ2v) is 5.05. The van der Waals surface area contributed by atoms with Gasteiger partial charge in [-0.1, -0.05) is 37.3 Å². The summed E-state index contributed by atoms with van der Waals surface area (Å²) in [5, 5.41) is 3.11. The summed E-state index contributed by atoms with van der Waals surface area (Å²) in [5.74, 6) is 0.782. The van der Waals surface area contributed by atoms with E-state index in [1.807, 2.05) is 18.2 Å².